The number of hydrogen-bond donors (Lipinski definition) is 3. The molecule has 0 aliphatic carbocycles. The maximum atomic E-state index is 14.6. The smallest absolute Gasteiger partial charge is 0.329 e. The molecule has 2 unspecified atom stereocenters. The Kier molecular flexibility index (Phi) is 18.4. The van der Waals surface area contributed by atoms with Crippen molar-refractivity contribution in [1.29, 1.82) is 0 Å². The van der Waals surface area contributed by atoms with E-state index in [0.717, 1.165) is 16.7 Å². The van der Waals surface area contributed by atoms with Gasteiger partial charge in [0.2, 0.25) is 40.7 Å². The van der Waals surface area contributed by atoms with Gasteiger partial charge in [0.05, 0.1) is 6.04 Å². The SMILES string of the molecule is CNCCC[C@H](N)C(=O)N(C)C(Cc1cc(-c2ccc(OCc3ccccc3)c(CC(NC)C(=O)Oc3c(F)c(F)c(F)c(F)c3F)c2)ccc1OCc1ccccc1)C(=O)OCc1ccccc1. The van der Waals surface area contributed by atoms with Gasteiger partial charge in [0.1, 0.15) is 43.4 Å². The van der Waals surface area contributed by atoms with Crippen LogP contribution < -0.4 is 30.6 Å². The molecule has 0 heterocycles. The second-order valence-corrected chi connectivity index (χ2v) is 16.2. The molecule has 362 valence electrons. The highest BCUT2D eigenvalue weighted by Gasteiger charge is 2.33. The number of carbonyl (C=O) groups excluding carboxylic acids is 3. The van der Waals surface area contributed by atoms with Crippen LogP contribution in [0.1, 0.15) is 40.7 Å². The van der Waals surface area contributed by atoms with E-state index in [9.17, 15) is 36.3 Å². The molecule has 0 bridgehead atoms. The van der Waals surface area contributed by atoms with Crippen LogP contribution in [0.2, 0.25) is 0 Å². The molecule has 0 aromatic heterocycles. The lowest BCUT2D eigenvalue weighted by molar-refractivity contribution is -0.155. The van der Waals surface area contributed by atoms with Gasteiger partial charge in [0.15, 0.2) is 0 Å². The summed E-state index contributed by atoms with van der Waals surface area (Å²) in [6.45, 7) is 0.874. The Bertz CT molecular complexity index is 2650. The molecular formula is C53H53F5N4O7. The second-order valence-electron chi connectivity index (χ2n) is 16.2. The molecule has 4 N–H and O–H groups in total. The number of nitrogens with zero attached hydrogens (tertiary/aromatic N) is 1. The van der Waals surface area contributed by atoms with Gasteiger partial charge in [-0.15, -0.1) is 0 Å². The molecule has 69 heavy (non-hydrogen) atoms. The minimum absolute atomic E-state index is 0.0476. The van der Waals surface area contributed by atoms with E-state index in [-0.39, 0.29) is 32.7 Å². The summed E-state index contributed by atoms with van der Waals surface area (Å²) >= 11 is 0. The summed E-state index contributed by atoms with van der Waals surface area (Å²) in [5.41, 5.74) is 10.9. The quantitative estimate of drug-likeness (QED) is 0.0143. The normalized spacial score (nSPS) is 12.4. The van der Waals surface area contributed by atoms with Crippen molar-refractivity contribution >= 4 is 17.8 Å². The Hall–Kier alpha value is -7.14. The lowest BCUT2D eigenvalue weighted by atomic mass is 9.95. The molecule has 1 amide bonds. The maximum Gasteiger partial charge on any atom is 0.329 e. The Morgan fingerprint density at radius 1 is 0.609 bits per heavy atom. The lowest BCUT2D eigenvalue weighted by Gasteiger charge is -2.29. The number of likely N-dealkylation sites (N-methyl/N-ethyl adjacent to an activating group) is 2. The first-order valence-electron chi connectivity index (χ1n) is 22.2. The zero-order valence-electron chi connectivity index (χ0n) is 38.3. The number of ether oxygens (including phenoxy) is 4. The van der Waals surface area contributed by atoms with Crippen molar-refractivity contribution in [1.82, 2.24) is 15.5 Å². The van der Waals surface area contributed by atoms with Crippen LogP contribution in [0.25, 0.3) is 11.1 Å². The first-order valence-corrected chi connectivity index (χ1v) is 22.2. The minimum Gasteiger partial charge on any atom is -0.489 e. The summed E-state index contributed by atoms with van der Waals surface area (Å²) in [5, 5.41) is 5.75. The summed E-state index contributed by atoms with van der Waals surface area (Å²) in [6.07, 6.45) is 0.686. The van der Waals surface area contributed by atoms with Crippen molar-refractivity contribution in [3.05, 3.63) is 184 Å². The molecule has 6 aromatic rings. The Morgan fingerprint density at radius 2 is 1.07 bits per heavy atom. The number of benzene rings is 6. The number of amides is 1. The van der Waals surface area contributed by atoms with Gasteiger partial charge in [0, 0.05) is 19.9 Å². The fourth-order valence-corrected chi connectivity index (χ4v) is 7.41. The monoisotopic (exact) mass is 952 g/mol. The van der Waals surface area contributed by atoms with E-state index < -0.39 is 70.8 Å². The van der Waals surface area contributed by atoms with Crippen LogP contribution in [0.3, 0.4) is 0 Å². The van der Waals surface area contributed by atoms with E-state index in [1.165, 1.54) is 19.0 Å². The highest BCUT2D eigenvalue weighted by atomic mass is 19.2. The van der Waals surface area contributed by atoms with Crippen LogP contribution >= 0.6 is 0 Å². The fraction of sp³-hybridized carbons (Fsp3) is 0.264. The van der Waals surface area contributed by atoms with Crippen molar-refractivity contribution in [2.45, 2.75) is 63.6 Å². The summed E-state index contributed by atoms with van der Waals surface area (Å²) in [5.74, 6) is -15.0. The zero-order valence-corrected chi connectivity index (χ0v) is 38.3. The van der Waals surface area contributed by atoms with Crippen LogP contribution in [0, 0.1) is 29.1 Å². The average molecular weight is 953 g/mol. The maximum absolute atomic E-state index is 14.6. The standard InChI is InChI=1S/C53H53F5N4O7/c1-60-25-13-20-40(59)51(63)62(3)42(53(65)68-32-35-18-11-6-12-19-35)29-39-27-37(22-24-44(39)67-31-34-16-9-5-10-17-34)36-21-23-43(66-30-33-14-7-4-8-15-33)38(26-36)28-41(61-2)52(64)69-50-48(57)46(55)45(54)47(56)49(50)58/h4-12,14-19,21-24,26-27,40-42,60-61H,13,20,25,28-32,59H2,1-3H3/t40-,41?,42?/m0/s1. The molecule has 0 saturated carbocycles. The van der Waals surface area contributed by atoms with Crippen molar-refractivity contribution in [3.63, 3.8) is 0 Å². The van der Waals surface area contributed by atoms with Crippen molar-refractivity contribution < 1.29 is 55.3 Å². The first kappa shape index (κ1) is 51.3. The van der Waals surface area contributed by atoms with E-state index in [4.69, 9.17) is 24.7 Å². The van der Waals surface area contributed by atoms with Crippen LogP contribution in [-0.4, -0.2) is 68.6 Å². The molecule has 0 aliphatic heterocycles. The van der Waals surface area contributed by atoms with Gasteiger partial charge in [-0.3, -0.25) is 4.79 Å². The third-order valence-corrected chi connectivity index (χ3v) is 11.3. The highest BCUT2D eigenvalue weighted by Crippen LogP contribution is 2.34. The molecule has 0 spiro atoms. The van der Waals surface area contributed by atoms with Crippen molar-refractivity contribution in [2.75, 3.05) is 27.7 Å². The molecule has 0 fully saturated rings. The van der Waals surface area contributed by atoms with Crippen LogP contribution in [0.4, 0.5) is 22.0 Å². The molecule has 11 nitrogen and oxygen atoms in total. The number of halogens is 5. The predicted molar refractivity (Wildman–Crippen MR) is 249 cm³/mol. The summed E-state index contributed by atoms with van der Waals surface area (Å²) in [4.78, 5) is 42.8. The third-order valence-electron chi connectivity index (χ3n) is 11.3. The number of hydrogen-bond acceptors (Lipinski definition) is 10. The second kappa shape index (κ2) is 24.8. The Morgan fingerprint density at radius 3 is 1.55 bits per heavy atom. The van der Waals surface area contributed by atoms with Gasteiger partial charge >= 0.3 is 11.9 Å². The van der Waals surface area contributed by atoms with E-state index in [1.807, 2.05) is 91.0 Å². The summed E-state index contributed by atoms with van der Waals surface area (Å²) in [7, 11) is 4.67. The fourth-order valence-electron chi connectivity index (χ4n) is 7.41. The predicted octanol–water partition coefficient (Wildman–Crippen LogP) is 8.38. The number of carbonyl (C=O) groups is 3. The van der Waals surface area contributed by atoms with Gasteiger partial charge in [-0.05, 0) is 96.7 Å². The number of esters is 2. The molecule has 6 aromatic carbocycles. The van der Waals surface area contributed by atoms with Gasteiger partial charge in [-0.2, -0.15) is 8.78 Å². The molecule has 16 heteroatoms. The number of rotatable bonds is 23. The third kappa shape index (κ3) is 13.5. The number of nitrogens with two attached hydrogens (primary N) is 1. The lowest BCUT2D eigenvalue weighted by Crippen LogP contribution is -2.51. The van der Waals surface area contributed by atoms with E-state index in [2.05, 4.69) is 10.6 Å². The molecule has 0 saturated heterocycles. The molecule has 3 atom stereocenters. The van der Waals surface area contributed by atoms with E-state index in [0.29, 0.717) is 53.1 Å². The van der Waals surface area contributed by atoms with E-state index in [1.54, 1.807) is 43.4 Å². The minimum atomic E-state index is -2.40. The number of nitrogens with one attached hydrogen (secondary N) is 2. The summed E-state index contributed by atoms with van der Waals surface area (Å²) in [6, 6.07) is 34.8. The topological polar surface area (TPSA) is 141 Å². The zero-order chi connectivity index (χ0) is 49.5. The molecule has 0 radical (unpaired) electrons. The van der Waals surface area contributed by atoms with Gasteiger partial charge < -0.3 is 40.2 Å². The van der Waals surface area contributed by atoms with Crippen LogP contribution in [0.5, 0.6) is 17.2 Å². The Labute approximate surface area is 397 Å². The highest BCUT2D eigenvalue weighted by molar-refractivity contribution is 5.87. The van der Waals surface area contributed by atoms with Crippen LogP contribution in [0.15, 0.2) is 127 Å². The Balaban J connectivity index is 1.38. The molecule has 0 aliphatic rings. The summed E-state index contributed by atoms with van der Waals surface area (Å²) < 4.78 is 94.5. The van der Waals surface area contributed by atoms with E-state index >= 15 is 0 Å². The van der Waals surface area contributed by atoms with Crippen molar-refractivity contribution in [3.8, 4) is 28.4 Å². The molecule has 6 rings (SSSR count). The molecular weight excluding hydrogens is 900 g/mol. The van der Waals surface area contributed by atoms with Crippen LogP contribution in [-0.2, 0) is 51.8 Å². The van der Waals surface area contributed by atoms with Crippen molar-refractivity contribution in [2.24, 2.45) is 5.73 Å². The average Bonchev–Trinajstić information content (AvgIpc) is 3.38. The van der Waals surface area contributed by atoms with Gasteiger partial charge in [-0.25, -0.2) is 22.8 Å². The van der Waals surface area contributed by atoms with Gasteiger partial charge in [-0.1, -0.05) is 103 Å². The largest absolute Gasteiger partial charge is 0.489 e. The first-order chi connectivity index (χ1) is 33.3. The van der Waals surface area contributed by atoms with Gasteiger partial charge in [0.25, 0.3) is 0 Å².